The zero-order valence-corrected chi connectivity index (χ0v) is 17.7. The number of hydrogen-bond donors (Lipinski definition) is 5. The molecule has 17 heteroatoms. The van der Waals surface area contributed by atoms with Gasteiger partial charge >= 0.3 is 24.3 Å². The predicted octanol–water partition coefficient (Wildman–Crippen LogP) is 1.82. The lowest BCUT2D eigenvalue weighted by molar-refractivity contribution is -0.193. The Balaban J connectivity index is 0.000000343. The van der Waals surface area contributed by atoms with Crippen LogP contribution in [0.3, 0.4) is 0 Å². The van der Waals surface area contributed by atoms with Crippen LogP contribution < -0.4 is 16.0 Å². The van der Waals surface area contributed by atoms with E-state index in [4.69, 9.17) is 25.5 Å². The maximum Gasteiger partial charge on any atom is 0.490 e. The van der Waals surface area contributed by atoms with Gasteiger partial charge in [0.2, 0.25) is 5.95 Å². The average molecular weight is 501 g/mol. The minimum absolute atomic E-state index is 0.291. The highest BCUT2D eigenvalue weighted by Crippen LogP contribution is 2.25. The Kier molecular flexibility index (Phi) is 9.59. The van der Waals surface area contributed by atoms with Crippen molar-refractivity contribution >= 4 is 23.7 Å². The summed E-state index contributed by atoms with van der Waals surface area (Å²) in [5.74, 6) is -4.35. The van der Waals surface area contributed by atoms with Crippen LogP contribution in [0.2, 0.25) is 0 Å². The predicted molar refractivity (Wildman–Crippen MR) is 106 cm³/mol. The molecule has 0 amide bonds. The van der Waals surface area contributed by atoms with E-state index in [-0.39, 0.29) is 0 Å². The van der Waals surface area contributed by atoms with Crippen molar-refractivity contribution in [3.05, 3.63) is 17.8 Å². The summed E-state index contributed by atoms with van der Waals surface area (Å²) < 4.78 is 63.5. The van der Waals surface area contributed by atoms with Gasteiger partial charge in [-0.05, 0) is 26.0 Å². The fourth-order valence-electron chi connectivity index (χ4n) is 2.55. The number of carboxylic acid groups (broad SMARTS) is 2. The van der Waals surface area contributed by atoms with Crippen LogP contribution in [0.1, 0.15) is 12.0 Å². The third-order valence-electron chi connectivity index (χ3n) is 4.22. The van der Waals surface area contributed by atoms with Gasteiger partial charge in [0.25, 0.3) is 0 Å². The Labute approximate surface area is 188 Å². The molecule has 1 aliphatic heterocycles. The first kappa shape index (κ1) is 28.4. The molecule has 0 saturated carbocycles. The monoisotopic (exact) mass is 501 g/mol. The van der Waals surface area contributed by atoms with E-state index in [0.29, 0.717) is 12.0 Å². The summed E-state index contributed by atoms with van der Waals surface area (Å²) in [7, 11) is 1.99. The van der Waals surface area contributed by atoms with Crippen LogP contribution in [-0.4, -0.2) is 80.8 Å². The number of rotatable bonds is 3. The second-order valence-corrected chi connectivity index (χ2v) is 6.72. The lowest BCUT2D eigenvalue weighted by Crippen LogP contribution is -2.30. The summed E-state index contributed by atoms with van der Waals surface area (Å²) in [6.07, 6.45) is -7.28. The van der Waals surface area contributed by atoms with E-state index in [0.717, 1.165) is 42.3 Å². The van der Waals surface area contributed by atoms with Crippen molar-refractivity contribution in [1.29, 1.82) is 0 Å². The SMILES string of the molecule is CN[C@H]1CCN(c2cc(-c3[nH]ncc3C)nc(N)n2)C1.O=C(O)C(F)(F)F.O=C(O)C(F)(F)F. The molecular formula is C17H21F6N7O4. The first-order valence-electron chi connectivity index (χ1n) is 9.23. The van der Waals surface area contributed by atoms with Gasteiger partial charge in [0, 0.05) is 25.2 Å². The fourth-order valence-corrected chi connectivity index (χ4v) is 2.55. The number of anilines is 2. The van der Waals surface area contributed by atoms with Crippen LogP contribution >= 0.6 is 0 Å². The number of H-pyrrole nitrogens is 1. The number of nitrogen functional groups attached to an aromatic ring is 1. The van der Waals surface area contributed by atoms with Gasteiger partial charge in [-0.1, -0.05) is 0 Å². The topological polar surface area (TPSA) is 170 Å². The van der Waals surface area contributed by atoms with Gasteiger partial charge in [-0.3, -0.25) is 5.10 Å². The summed E-state index contributed by atoms with van der Waals surface area (Å²) in [6.45, 7) is 3.90. The van der Waals surface area contributed by atoms with Crippen LogP contribution in [0.4, 0.5) is 38.1 Å². The number of likely N-dealkylation sites (N-methyl/N-ethyl adjacent to an activating group) is 1. The summed E-state index contributed by atoms with van der Waals surface area (Å²) >= 11 is 0. The largest absolute Gasteiger partial charge is 0.490 e. The molecule has 2 aromatic heterocycles. The van der Waals surface area contributed by atoms with Crippen molar-refractivity contribution in [2.45, 2.75) is 31.7 Å². The van der Waals surface area contributed by atoms with Crippen LogP contribution in [0.15, 0.2) is 12.3 Å². The van der Waals surface area contributed by atoms with E-state index in [1.54, 1.807) is 6.20 Å². The molecule has 3 heterocycles. The summed E-state index contributed by atoms with van der Waals surface area (Å²) in [6, 6.07) is 2.47. The number of nitrogens with two attached hydrogens (primary N) is 1. The van der Waals surface area contributed by atoms with Crippen LogP contribution in [0, 0.1) is 6.92 Å². The molecule has 190 valence electrons. The first-order chi connectivity index (χ1) is 15.6. The normalized spacial score (nSPS) is 15.6. The molecule has 0 spiro atoms. The van der Waals surface area contributed by atoms with Crippen molar-refractivity contribution in [2.24, 2.45) is 0 Å². The fraction of sp³-hybridized carbons (Fsp3) is 0.471. The van der Waals surface area contributed by atoms with Gasteiger partial charge in [0.05, 0.1) is 17.6 Å². The molecule has 11 nitrogen and oxygen atoms in total. The van der Waals surface area contributed by atoms with Gasteiger partial charge < -0.3 is 26.2 Å². The lowest BCUT2D eigenvalue weighted by atomic mass is 10.2. The van der Waals surface area contributed by atoms with Gasteiger partial charge in [-0.15, -0.1) is 0 Å². The van der Waals surface area contributed by atoms with Crippen LogP contribution in [0.5, 0.6) is 0 Å². The molecule has 1 aliphatic rings. The number of carboxylic acids is 2. The molecule has 1 fully saturated rings. The highest BCUT2D eigenvalue weighted by atomic mass is 19.4. The summed E-state index contributed by atoms with van der Waals surface area (Å²) in [4.78, 5) is 28.7. The number of aliphatic carboxylic acids is 2. The molecule has 1 saturated heterocycles. The Bertz CT molecular complexity index is 956. The summed E-state index contributed by atoms with van der Waals surface area (Å²) in [5, 5.41) is 24.5. The van der Waals surface area contributed by atoms with Crippen LogP contribution in [-0.2, 0) is 9.59 Å². The Hall–Kier alpha value is -3.63. The lowest BCUT2D eigenvalue weighted by Gasteiger charge is -2.18. The zero-order valence-electron chi connectivity index (χ0n) is 17.7. The number of aryl methyl sites for hydroxylation is 1. The molecule has 3 rings (SSSR count). The second kappa shape index (κ2) is 11.5. The number of aromatic amines is 1. The van der Waals surface area contributed by atoms with E-state index < -0.39 is 24.3 Å². The van der Waals surface area contributed by atoms with E-state index in [9.17, 15) is 26.3 Å². The molecule has 34 heavy (non-hydrogen) atoms. The van der Waals surface area contributed by atoms with E-state index in [1.807, 2.05) is 20.0 Å². The van der Waals surface area contributed by atoms with Crippen molar-refractivity contribution in [1.82, 2.24) is 25.5 Å². The van der Waals surface area contributed by atoms with Gasteiger partial charge in [-0.2, -0.15) is 36.4 Å². The highest BCUT2D eigenvalue weighted by Gasteiger charge is 2.38. The van der Waals surface area contributed by atoms with Gasteiger partial charge in [-0.25, -0.2) is 14.6 Å². The number of alkyl halides is 6. The molecule has 1 atom stereocenters. The third kappa shape index (κ3) is 8.72. The molecule has 0 unspecified atom stereocenters. The summed E-state index contributed by atoms with van der Waals surface area (Å²) in [5.41, 5.74) is 8.58. The molecule has 0 bridgehead atoms. The minimum Gasteiger partial charge on any atom is -0.475 e. The van der Waals surface area contributed by atoms with E-state index >= 15 is 0 Å². The zero-order chi connectivity index (χ0) is 26.3. The van der Waals surface area contributed by atoms with Gasteiger partial charge in [0.1, 0.15) is 5.82 Å². The second-order valence-electron chi connectivity index (χ2n) is 6.72. The van der Waals surface area contributed by atoms with Crippen LogP contribution in [0.25, 0.3) is 11.4 Å². The van der Waals surface area contributed by atoms with E-state index in [2.05, 4.69) is 30.4 Å². The van der Waals surface area contributed by atoms with Gasteiger partial charge in [0.15, 0.2) is 0 Å². The third-order valence-corrected chi connectivity index (χ3v) is 4.22. The maximum absolute atomic E-state index is 10.6. The molecular weight excluding hydrogens is 480 g/mol. The molecule has 2 aromatic rings. The maximum atomic E-state index is 10.6. The average Bonchev–Trinajstić information content (AvgIpc) is 3.36. The van der Waals surface area contributed by atoms with E-state index in [1.165, 1.54) is 0 Å². The van der Waals surface area contributed by atoms with Crippen molar-refractivity contribution in [2.75, 3.05) is 30.8 Å². The number of nitrogens with one attached hydrogen (secondary N) is 2. The van der Waals surface area contributed by atoms with Crippen molar-refractivity contribution in [3.8, 4) is 11.4 Å². The molecule has 0 aromatic carbocycles. The standard InChI is InChI=1S/C13H19N7.2C2HF3O2/c1-8-6-16-19-12(8)10-5-11(18-13(14)17-10)20-4-3-9(7-20)15-2;2*3-2(4,5)1(6)7/h5-6,9,15H,3-4,7H2,1-2H3,(H,16,19)(H2,14,17,18);2*(H,6,7)/t9-;;/m0../s1. The minimum atomic E-state index is -5.08. The number of aromatic nitrogens is 4. The Morgan fingerprint density at radius 2 is 1.68 bits per heavy atom. The van der Waals surface area contributed by atoms with Crippen molar-refractivity contribution < 1.29 is 46.1 Å². The number of hydrogen-bond acceptors (Lipinski definition) is 8. The number of carbonyl (C=O) groups is 2. The van der Waals surface area contributed by atoms with Crippen molar-refractivity contribution in [3.63, 3.8) is 0 Å². The smallest absolute Gasteiger partial charge is 0.475 e. The Morgan fingerprint density at radius 1 is 1.15 bits per heavy atom. The number of nitrogens with zero attached hydrogens (tertiary/aromatic N) is 4. The quantitative estimate of drug-likeness (QED) is 0.391. The molecule has 6 N–H and O–H groups in total. The first-order valence-corrected chi connectivity index (χ1v) is 9.23. The molecule has 0 aliphatic carbocycles. The number of halogens is 6. The molecule has 0 radical (unpaired) electrons. The Morgan fingerprint density at radius 3 is 2.06 bits per heavy atom. The highest BCUT2D eigenvalue weighted by molar-refractivity contribution is 5.73.